The molecule has 0 radical (unpaired) electrons. The summed E-state index contributed by atoms with van der Waals surface area (Å²) in [5, 5.41) is 0. The van der Waals surface area contributed by atoms with Crippen molar-refractivity contribution in [3.63, 3.8) is 0 Å². The van der Waals surface area contributed by atoms with E-state index >= 15 is 0 Å². The van der Waals surface area contributed by atoms with E-state index in [9.17, 15) is 0 Å². The molecule has 2 nitrogen and oxygen atoms in total. The second-order valence-corrected chi connectivity index (χ2v) is 5.41. The van der Waals surface area contributed by atoms with Gasteiger partial charge in [0.05, 0.1) is 6.10 Å². The number of rotatable bonds is 6. The van der Waals surface area contributed by atoms with Crippen molar-refractivity contribution in [2.24, 2.45) is 11.7 Å². The van der Waals surface area contributed by atoms with E-state index in [1.54, 1.807) is 0 Å². The maximum Gasteiger partial charge on any atom is 0.119 e. The van der Waals surface area contributed by atoms with E-state index in [4.69, 9.17) is 10.5 Å². The van der Waals surface area contributed by atoms with Gasteiger partial charge in [0.2, 0.25) is 0 Å². The first-order chi connectivity index (χ1) is 7.97. The van der Waals surface area contributed by atoms with E-state index in [1.807, 2.05) is 26.0 Å². The molecule has 1 rings (SSSR count). The van der Waals surface area contributed by atoms with Crippen LogP contribution in [0.4, 0.5) is 0 Å². The maximum absolute atomic E-state index is 6.12. The Morgan fingerprint density at radius 1 is 1.18 bits per heavy atom. The van der Waals surface area contributed by atoms with Crippen LogP contribution in [0.5, 0.6) is 5.75 Å². The molecule has 0 fully saturated rings. The molecule has 17 heavy (non-hydrogen) atoms. The molecule has 0 heterocycles. The Morgan fingerprint density at radius 3 is 2.47 bits per heavy atom. The highest BCUT2D eigenvalue weighted by molar-refractivity contribution is 5.29. The monoisotopic (exact) mass is 235 g/mol. The van der Waals surface area contributed by atoms with Crippen LogP contribution in [0, 0.1) is 5.92 Å². The summed E-state index contributed by atoms with van der Waals surface area (Å²) in [6.07, 6.45) is 2.21. The van der Waals surface area contributed by atoms with Crippen molar-refractivity contribution in [2.75, 3.05) is 0 Å². The topological polar surface area (TPSA) is 35.2 Å². The summed E-state index contributed by atoms with van der Waals surface area (Å²) in [4.78, 5) is 0. The third-order valence-electron chi connectivity index (χ3n) is 2.54. The SMILES string of the molecule is CC(C)CC(N)Cc1cccc(OC(C)C)c1. The van der Waals surface area contributed by atoms with E-state index in [-0.39, 0.29) is 12.1 Å². The lowest BCUT2D eigenvalue weighted by atomic mass is 9.98. The predicted molar refractivity (Wildman–Crippen MR) is 73.3 cm³/mol. The number of hydrogen-bond donors (Lipinski definition) is 1. The lowest BCUT2D eigenvalue weighted by Crippen LogP contribution is -2.24. The van der Waals surface area contributed by atoms with Crippen LogP contribution in [0.25, 0.3) is 0 Å². The predicted octanol–water partition coefficient (Wildman–Crippen LogP) is 3.39. The van der Waals surface area contributed by atoms with Crippen molar-refractivity contribution >= 4 is 0 Å². The minimum atomic E-state index is 0.217. The normalized spacial score (nSPS) is 13.1. The lowest BCUT2D eigenvalue weighted by Gasteiger charge is -2.15. The molecule has 0 saturated heterocycles. The molecule has 1 unspecified atom stereocenters. The zero-order valence-electron chi connectivity index (χ0n) is 11.4. The summed E-state index contributed by atoms with van der Waals surface area (Å²) in [5.41, 5.74) is 7.38. The fourth-order valence-corrected chi connectivity index (χ4v) is 2.01. The molecule has 2 heteroatoms. The van der Waals surface area contributed by atoms with Gasteiger partial charge in [-0.25, -0.2) is 0 Å². The van der Waals surface area contributed by atoms with Crippen LogP contribution in [-0.2, 0) is 6.42 Å². The summed E-state index contributed by atoms with van der Waals surface area (Å²) >= 11 is 0. The Labute approximate surface area is 105 Å². The van der Waals surface area contributed by atoms with Gasteiger partial charge in [-0.2, -0.15) is 0 Å². The quantitative estimate of drug-likeness (QED) is 0.820. The van der Waals surface area contributed by atoms with Gasteiger partial charge < -0.3 is 10.5 Å². The highest BCUT2D eigenvalue weighted by Gasteiger charge is 2.07. The molecule has 2 N–H and O–H groups in total. The molecule has 1 atom stereocenters. The molecule has 0 aliphatic rings. The number of hydrogen-bond acceptors (Lipinski definition) is 2. The van der Waals surface area contributed by atoms with Crippen LogP contribution in [0.2, 0.25) is 0 Å². The van der Waals surface area contributed by atoms with Crippen LogP contribution in [0.1, 0.15) is 39.7 Å². The summed E-state index contributed by atoms with van der Waals surface area (Å²) < 4.78 is 5.68. The van der Waals surface area contributed by atoms with Crippen LogP contribution >= 0.6 is 0 Å². The fourth-order valence-electron chi connectivity index (χ4n) is 2.01. The first-order valence-electron chi connectivity index (χ1n) is 6.48. The Kier molecular flexibility index (Phi) is 5.49. The standard InChI is InChI=1S/C15H25NO/c1-11(2)8-14(16)9-13-6-5-7-15(10-13)17-12(3)4/h5-7,10-12,14H,8-9,16H2,1-4H3. The van der Waals surface area contributed by atoms with E-state index in [2.05, 4.69) is 26.0 Å². The fraction of sp³-hybridized carbons (Fsp3) is 0.600. The van der Waals surface area contributed by atoms with Crippen molar-refractivity contribution in [2.45, 2.75) is 52.7 Å². The average Bonchev–Trinajstić information content (AvgIpc) is 2.14. The van der Waals surface area contributed by atoms with Gasteiger partial charge in [-0.15, -0.1) is 0 Å². The molecular formula is C15H25NO. The Morgan fingerprint density at radius 2 is 1.88 bits per heavy atom. The number of benzene rings is 1. The van der Waals surface area contributed by atoms with E-state index in [0.717, 1.165) is 18.6 Å². The van der Waals surface area contributed by atoms with Gasteiger partial charge in [-0.05, 0) is 50.3 Å². The van der Waals surface area contributed by atoms with Gasteiger partial charge in [0.1, 0.15) is 5.75 Å². The molecule has 0 bridgehead atoms. The second kappa shape index (κ2) is 6.65. The largest absolute Gasteiger partial charge is 0.491 e. The molecule has 1 aromatic carbocycles. The Bertz CT molecular complexity index is 333. The number of ether oxygens (including phenoxy) is 1. The van der Waals surface area contributed by atoms with Gasteiger partial charge >= 0.3 is 0 Å². The van der Waals surface area contributed by atoms with E-state index < -0.39 is 0 Å². The smallest absolute Gasteiger partial charge is 0.119 e. The van der Waals surface area contributed by atoms with E-state index in [1.165, 1.54) is 5.56 Å². The van der Waals surface area contributed by atoms with Crippen LogP contribution in [-0.4, -0.2) is 12.1 Å². The van der Waals surface area contributed by atoms with E-state index in [0.29, 0.717) is 5.92 Å². The first kappa shape index (κ1) is 14.0. The first-order valence-corrected chi connectivity index (χ1v) is 6.48. The number of nitrogens with two attached hydrogens (primary N) is 1. The van der Waals surface area contributed by atoms with Gasteiger partial charge in [-0.1, -0.05) is 26.0 Å². The lowest BCUT2D eigenvalue weighted by molar-refractivity contribution is 0.242. The maximum atomic E-state index is 6.12. The molecule has 0 spiro atoms. The average molecular weight is 235 g/mol. The Hall–Kier alpha value is -1.02. The van der Waals surface area contributed by atoms with Gasteiger partial charge in [0.25, 0.3) is 0 Å². The third-order valence-corrected chi connectivity index (χ3v) is 2.54. The van der Waals surface area contributed by atoms with Crippen LogP contribution in [0.3, 0.4) is 0 Å². The van der Waals surface area contributed by atoms with Crippen molar-refractivity contribution in [3.8, 4) is 5.75 Å². The van der Waals surface area contributed by atoms with Gasteiger partial charge in [0, 0.05) is 6.04 Å². The van der Waals surface area contributed by atoms with Crippen molar-refractivity contribution in [1.82, 2.24) is 0 Å². The van der Waals surface area contributed by atoms with Gasteiger partial charge in [-0.3, -0.25) is 0 Å². The summed E-state index contributed by atoms with van der Waals surface area (Å²) in [6, 6.07) is 8.49. The van der Waals surface area contributed by atoms with Crippen molar-refractivity contribution in [3.05, 3.63) is 29.8 Å². The molecule has 0 amide bonds. The minimum Gasteiger partial charge on any atom is -0.491 e. The second-order valence-electron chi connectivity index (χ2n) is 5.41. The minimum absolute atomic E-state index is 0.217. The van der Waals surface area contributed by atoms with Gasteiger partial charge in [0.15, 0.2) is 0 Å². The Balaban J connectivity index is 2.59. The highest BCUT2D eigenvalue weighted by atomic mass is 16.5. The molecular weight excluding hydrogens is 210 g/mol. The molecule has 0 aliphatic heterocycles. The summed E-state index contributed by atoms with van der Waals surface area (Å²) in [5.74, 6) is 1.59. The van der Waals surface area contributed by atoms with Crippen LogP contribution in [0.15, 0.2) is 24.3 Å². The van der Waals surface area contributed by atoms with Crippen molar-refractivity contribution < 1.29 is 4.74 Å². The zero-order chi connectivity index (χ0) is 12.8. The molecule has 0 aliphatic carbocycles. The van der Waals surface area contributed by atoms with Crippen LogP contribution < -0.4 is 10.5 Å². The third kappa shape index (κ3) is 5.73. The molecule has 0 aromatic heterocycles. The van der Waals surface area contributed by atoms with Crippen molar-refractivity contribution in [1.29, 1.82) is 0 Å². The summed E-state index contributed by atoms with van der Waals surface area (Å²) in [7, 11) is 0. The zero-order valence-corrected chi connectivity index (χ0v) is 11.4. The summed E-state index contributed by atoms with van der Waals surface area (Å²) in [6.45, 7) is 8.49. The molecule has 1 aromatic rings. The molecule has 96 valence electrons. The highest BCUT2D eigenvalue weighted by Crippen LogP contribution is 2.17. The molecule has 0 saturated carbocycles.